The lowest BCUT2D eigenvalue weighted by atomic mass is 9.94. The van der Waals surface area contributed by atoms with Gasteiger partial charge in [0.2, 0.25) is 0 Å². The summed E-state index contributed by atoms with van der Waals surface area (Å²) < 4.78 is 0. The summed E-state index contributed by atoms with van der Waals surface area (Å²) in [5.41, 5.74) is 11.8. The fourth-order valence-electron chi connectivity index (χ4n) is 3.67. The second-order valence-electron chi connectivity index (χ2n) is 6.30. The summed E-state index contributed by atoms with van der Waals surface area (Å²) >= 11 is 0. The largest absolute Gasteiger partial charge is 0.323 e. The minimum absolute atomic E-state index is 0.131. The van der Waals surface area contributed by atoms with E-state index in [2.05, 4.69) is 44.9 Å². The van der Waals surface area contributed by atoms with Crippen LogP contribution in [0.5, 0.6) is 0 Å². The molecule has 0 aliphatic heterocycles. The molecule has 2 N–H and O–H groups in total. The maximum absolute atomic E-state index is 6.47. The fourth-order valence-corrected chi connectivity index (χ4v) is 3.67. The molecule has 0 saturated heterocycles. The van der Waals surface area contributed by atoms with E-state index in [-0.39, 0.29) is 6.04 Å². The first-order valence-electron chi connectivity index (χ1n) is 7.52. The van der Waals surface area contributed by atoms with E-state index in [1.165, 1.54) is 47.9 Å². The van der Waals surface area contributed by atoms with Gasteiger partial charge >= 0.3 is 0 Å². The molecule has 0 aromatic heterocycles. The molecule has 1 aromatic rings. The Morgan fingerprint density at radius 1 is 1.16 bits per heavy atom. The van der Waals surface area contributed by atoms with Crippen LogP contribution < -0.4 is 5.73 Å². The third-order valence-corrected chi connectivity index (χ3v) is 4.54. The highest BCUT2D eigenvalue weighted by atomic mass is 15.1. The molecule has 0 bridgehead atoms. The van der Waals surface area contributed by atoms with Crippen LogP contribution >= 0.6 is 0 Å². The van der Waals surface area contributed by atoms with Crippen LogP contribution in [0.4, 0.5) is 0 Å². The van der Waals surface area contributed by atoms with Crippen LogP contribution in [-0.4, -0.2) is 24.5 Å². The molecule has 1 fully saturated rings. The number of benzene rings is 1. The van der Waals surface area contributed by atoms with E-state index >= 15 is 0 Å². The van der Waals surface area contributed by atoms with E-state index < -0.39 is 0 Å². The van der Waals surface area contributed by atoms with Crippen molar-refractivity contribution in [3.8, 4) is 0 Å². The van der Waals surface area contributed by atoms with Crippen LogP contribution in [0.3, 0.4) is 0 Å². The maximum Gasteiger partial charge on any atom is 0.0429 e. The van der Waals surface area contributed by atoms with E-state index in [1.54, 1.807) is 0 Å². The summed E-state index contributed by atoms with van der Waals surface area (Å²) in [6.07, 6.45) is 5.45. The van der Waals surface area contributed by atoms with E-state index in [4.69, 9.17) is 5.73 Å². The summed E-state index contributed by atoms with van der Waals surface area (Å²) in [5, 5.41) is 0. The summed E-state index contributed by atoms with van der Waals surface area (Å²) in [6.45, 7) is 7.49. The van der Waals surface area contributed by atoms with Crippen LogP contribution in [0.15, 0.2) is 12.1 Å². The molecule has 19 heavy (non-hydrogen) atoms. The molecule has 1 aliphatic carbocycles. The summed E-state index contributed by atoms with van der Waals surface area (Å²) in [6, 6.07) is 5.37. The van der Waals surface area contributed by atoms with Gasteiger partial charge < -0.3 is 10.6 Å². The highest BCUT2D eigenvalue weighted by Gasteiger charge is 2.22. The average Bonchev–Trinajstić information content (AvgIpc) is 2.80. The van der Waals surface area contributed by atoms with Crippen LogP contribution in [0.25, 0.3) is 0 Å². The first kappa shape index (κ1) is 14.5. The van der Waals surface area contributed by atoms with Crippen molar-refractivity contribution in [1.82, 2.24) is 4.90 Å². The Morgan fingerprint density at radius 2 is 1.68 bits per heavy atom. The molecule has 0 spiro atoms. The normalized spacial score (nSPS) is 18.2. The Hall–Kier alpha value is -0.860. The zero-order chi connectivity index (χ0) is 14.0. The Bertz CT molecular complexity index is 410. The van der Waals surface area contributed by atoms with Gasteiger partial charge in [0, 0.05) is 18.6 Å². The van der Waals surface area contributed by atoms with Gasteiger partial charge in [0.15, 0.2) is 0 Å². The van der Waals surface area contributed by atoms with E-state index in [0.29, 0.717) is 0 Å². The molecule has 2 nitrogen and oxygen atoms in total. The third kappa shape index (κ3) is 3.37. The van der Waals surface area contributed by atoms with Crippen molar-refractivity contribution in [3.63, 3.8) is 0 Å². The monoisotopic (exact) mass is 260 g/mol. The first-order valence-corrected chi connectivity index (χ1v) is 7.52. The van der Waals surface area contributed by atoms with Crippen molar-refractivity contribution in [2.24, 2.45) is 5.73 Å². The van der Waals surface area contributed by atoms with Crippen molar-refractivity contribution in [2.45, 2.75) is 58.5 Å². The van der Waals surface area contributed by atoms with Gasteiger partial charge in [0.05, 0.1) is 0 Å². The maximum atomic E-state index is 6.47. The van der Waals surface area contributed by atoms with Gasteiger partial charge in [-0.15, -0.1) is 0 Å². The second kappa shape index (κ2) is 6.06. The van der Waals surface area contributed by atoms with Gasteiger partial charge in [-0.1, -0.05) is 30.5 Å². The van der Waals surface area contributed by atoms with Crippen molar-refractivity contribution in [1.29, 1.82) is 0 Å². The summed E-state index contributed by atoms with van der Waals surface area (Å²) in [5.74, 6) is 0. The van der Waals surface area contributed by atoms with Crippen LogP contribution in [0.2, 0.25) is 0 Å². The van der Waals surface area contributed by atoms with Crippen LogP contribution in [0, 0.1) is 20.8 Å². The Kier molecular flexibility index (Phi) is 4.64. The molecule has 1 aliphatic rings. The molecule has 0 amide bonds. The molecule has 1 saturated carbocycles. The molecule has 0 heterocycles. The Labute approximate surface area is 118 Å². The predicted octanol–water partition coefficient (Wildman–Crippen LogP) is 3.49. The molecule has 1 atom stereocenters. The highest BCUT2D eigenvalue weighted by molar-refractivity contribution is 5.39. The summed E-state index contributed by atoms with van der Waals surface area (Å²) in [4.78, 5) is 2.47. The number of hydrogen-bond donors (Lipinski definition) is 1. The minimum atomic E-state index is 0.131. The lowest BCUT2D eigenvalue weighted by Gasteiger charge is -2.28. The van der Waals surface area contributed by atoms with Gasteiger partial charge in [-0.3, -0.25) is 0 Å². The highest BCUT2D eigenvalue weighted by Crippen LogP contribution is 2.26. The molecular weight excluding hydrogens is 232 g/mol. The van der Waals surface area contributed by atoms with Gasteiger partial charge in [-0.05, 0) is 57.4 Å². The van der Waals surface area contributed by atoms with Gasteiger partial charge in [-0.2, -0.15) is 0 Å². The molecule has 2 heteroatoms. The molecule has 1 unspecified atom stereocenters. The van der Waals surface area contributed by atoms with E-state index in [9.17, 15) is 0 Å². The number of nitrogens with zero attached hydrogens (tertiary/aromatic N) is 1. The van der Waals surface area contributed by atoms with Crippen molar-refractivity contribution in [2.75, 3.05) is 13.6 Å². The zero-order valence-electron chi connectivity index (χ0n) is 12.9. The zero-order valence-corrected chi connectivity index (χ0v) is 12.9. The SMILES string of the molecule is Cc1cc(C)c(C(N)CN(C)C2CCCC2)c(C)c1. The summed E-state index contributed by atoms with van der Waals surface area (Å²) in [7, 11) is 2.23. The minimum Gasteiger partial charge on any atom is -0.323 e. The number of likely N-dealkylation sites (N-methyl/N-ethyl adjacent to an activating group) is 1. The van der Waals surface area contributed by atoms with Gasteiger partial charge in [-0.25, -0.2) is 0 Å². The standard InChI is InChI=1S/C17H28N2/c1-12-9-13(2)17(14(3)10-12)16(18)11-19(4)15-7-5-6-8-15/h9-10,15-16H,5-8,11,18H2,1-4H3. The van der Waals surface area contributed by atoms with E-state index in [1.807, 2.05) is 0 Å². The van der Waals surface area contributed by atoms with Crippen molar-refractivity contribution < 1.29 is 0 Å². The number of hydrogen-bond acceptors (Lipinski definition) is 2. The third-order valence-electron chi connectivity index (χ3n) is 4.54. The first-order chi connectivity index (χ1) is 8.99. The lowest BCUT2D eigenvalue weighted by molar-refractivity contribution is 0.231. The fraction of sp³-hybridized carbons (Fsp3) is 0.647. The smallest absolute Gasteiger partial charge is 0.0429 e. The predicted molar refractivity (Wildman–Crippen MR) is 82.5 cm³/mol. The van der Waals surface area contributed by atoms with Gasteiger partial charge in [0.1, 0.15) is 0 Å². The number of rotatable bonds is 4. The molecule has 2 rings (SSSR count). The quantitative estimate of drug-likeness (QED) is 0.898. The Balaban J connectivity index is 2.09. The van der Waals surface area contributed by atoms with Crippen molar-refractivity contribution in [3.05, 3.63) is 34.4 Å². The topological polar surface area (TPSA) is 29.3 Å². The second-order valence-corrected chi connectivity index (χ2v) is 6.30. The van der Waals surface area contributed by atoms with Crippen molar-refractivity contribution >= 4 is 0 Å². The molecule has 1 aromatic carbocycles. The van der Waals surface area contributed by atoms with E-state index in [0.717, 1.165) is 12.6 Å². The van der Waals surface area contributed by atoms with Gasteiger partial charge in [0.25, 0.3) is 0 Å². The lowest BCUT2D eigenvalue weighted by Crippen LogP contribution is -2.36. The number of nitrogens with two attached hydrogens (primary N) is 1. The van der Waals surface area contributed by atoms with Crippen LogP contribution in [0.1, 0.15) is 54.0 Å². The van der Waals surface area contributed by atoms with Crippen LogP contribution in [-0.2, 0) is 0 Å². The molecular formula is C17H28N2. The Morgan fingerprint density at radius 3 is 2.21 bits per heavy atom. The molecule has 0 radical (unpaired) electrons. The molecule has 106 valence electrons. The average molecular weight is 260 g/mol. The number of aryl methyl sites for hydroxylation is 3.